The molecule has 0 aliphatic carbocycles. The van der Waals surface area contributed by atoms with E-state index in [1.54, 1.807) is 12.1 Å². The van der Waals surface area contributed by atoms with E-state index in [4.69, 9.17) is 16.3 Å². The molecule has 2 N–H and O–H groups in total. The van der Waals surface area contributed by atoms with Crippen LogP contribution in [0, 0.1) is 0 Å². The number of amides is 1. The van der Waals surface area contributed by atoms with Gasteiger partial charge in [-0.1, -0.05) is 34.5 Å². The van der Waals surface area contributed by atoms with Gasteiger partial charge >= 0.3 is 0 Å². The smallest absolute Gasteiger partial charge is 0.257 e. The third-order valence-electron chi connectivity index (χ3n) is 2.41. The van der Waals surface area contributed by atoms with E-state index in [1.165, 1.54) is 0 Å². The normalized spacial score (nSPS) is 12.0. The van der Waals surface area contributed by atoms with Crippen LogP contribution in [0.2, 0.25) is 5.02 Å². The Morgan fingerprint density at radius 3 is 2.89 bits per heavy atom. The molecule has 0 saturated carbocycles. The highest BCUT2D eigenvalue weighted by molar-refractivity contribution is 9.10. The fourth-order valence-corrected chi connectivity index (χ4v) is 2.20. The average molecular weight is 350 g/mol. The van der Waals surface area contributed by atoms with Crippen LogP contribution in [-0.4, -0.2) is 31.6 Å². The highest BCUT2D eigenvalue weighted by Crippen LogP contribution is 2.27. The van der Waals surface area contributed by atoms with Gasteiger partial charge in [-0.3, -0.25) is 4.79 Å². The predicted octanol–water partition coefficient (Wildman–Crippen LogP) is 2.60. The van der Waals surface area contributed by atoms with Gasteiger partial charge in [-0.2, -0.15) is 0 Å². The van der Waals surface area contributed by atoms with Crippen LogP contribution in [0.25, 0.3) is 0 Å². The van der Waals surface area contributed by atoms with E-state index in [9.17, 15) is 4.79 Å². The van der Waals surface area contributed by atoms with Crippen LogP contribution in [0.15, 0.2) is 22.7 Å². The van der Waals surface area contributed by atoms with Gasteiger partial charge in [0.05, 0.1) is 5.02 Å². The summed E-state index contributed by atoms with van der Waals surface area (Å²) < 4.78 is 6.23. The van der Waals surface area contributed by atoms with Crippen molar-refractivity contribution >= 4 is 33.4 Å². The monoisotopic (exact) mass is 348 g/mol. The summed E-state index contributed by atoms with van der Waals surface area (Å²) in [5, 5.41) is 6.47. The Kier molecular flexibility index (Phi) is 7.20. The summed E-state index contributed by atoms with van der Waals surface area (Å²) >= 11 is 9.29. The van der Waals surface area contributed by atoms with E-state index in [1.807, 2.05) is 19.9 Å². The summed E-state index contributed by atoms with van der Waals surface area (Å²) in [5.41, 5.74) is 0. The lowest BCUT2D eigenvalue weighted by molar-refractivity contribution is -0.123. The maximum atomic E-state index is 11.6. The molecule has 0 spiro atoms. The zero-order valence-electron chi connectivity index (χ0n) is 11.0. The zero-order chi connectivity index (χ0) is 14.3. The van der Waals surface area contributed by atoms with Gasteiger partial charge in [-0.05, 0) is 31.7 Å². The molecule has 6 heteroatoms. The summed E-state index contributed by atoms with van der Waals surface area (Å²) in [6, 6.07) is 5.50. The number of benzene rings is 1. The Morgan fingerprint density at radius 2 is 2.26 bits per heavy atom. The zero-order valence-corrected chi connectivity index (χ0v) is 13.3. The highest BCUT2D eigenvalue weighted by atomic mass is 79.9. The molecule has 0 saturated heterocycles. The van der Waals surface area contributed by atoms with Crippen LogP contribution >= 0.6 is 27.5 Å². The Hall–Kier alpha value is -0.780. The van der Waals surface area contributed by atoms with Crippen molar-refractivity contribution in [2.45, 2.75) is 19.9 Å². The molecule has 1 rings (SSSR count). The Labute approximate surface area is 127 Å². The van der Waals surface area contributed by atoms with Gasteiger partial charge in [-0.15, -0.1) is 0 Å². The Bertz CT molecular complexity index is 429. The molecule has 0 bridgehead atoms. The lowest BCUT2D eigenvalue weighted by Crippen LogP contribution is -2.40. The molecule has 0 heterocycles. The first-order valence-corrected chi connectivity index (χ1v) is 7.28. The van der Waals surface area contributed by atoms with E-state index >= 15 is 0 Å². The quantitative estimate of drug-likeness (QED) is 0.795. The minimum Gasteiger partial charge on any atom is -0.482 e. The van der Waals surface area contributed by atoms with Crippen molar-refractivity contribution in [3.63, 3.8) is 0 Å². The van der Waals surface area contributed by atoms with Crippen LogP contribution < -0.4 is 15.4 Å². The summed E-state index contributed by atoms with van der Waals surface area (Å²) in [4.78, 5) is 11.6. The summed E-state index contributed by atoms with van der Waals surface area (Å²) in [5.74, 6) is 0.337. The van der Waals surface area contributed by atoms with Gasteiger partial charge in [0.25, 0.3) is 5.91 Å². The van der Waals surface area contributed by atoms with E-state index in [0.717, 1.165) is 11.0 Å². The Balaban J connectivity index is 2.33. The van der Waals surface area contributed by atoms with Gasteiger partial charge < -0.3 is 15.4 Å². The first-order valence-electron chi connectivity index (χ1n) is 6.10. The van der Waals surface area contributed by atoms with Crippen molar-refractivity contribution in [2.24, 2.45) is 0 Å². The number of nitrogens with one attached hydrogen (secondary N) is 2. The number of carbonyl (C=O) groups excluding carboxylic acids is 1. The third-order valence-corrected chi connectivity index (χ3v) is 3.20. The molecule has 1 amide bonds. The lowest BCUT2D eigenvalue weighted by Gasteiger charge is -2.13. The number of hydrogen-bond acceptors (Lipinski definition) is 3. The molecule has 0 fully saturated rings. The molecule has 4 nitrogen and oxygen atoms in total. The Morgan fingerprint density at radius 1 is 1.53 bits per heavy atom. The van der Waals surface area contributed by atoms with Crippen molar-refractivity contribution in [3.8, 4) is 5.75 Å². The molecule has 0 aromatic heterocycles. The molecule has 19 heavy (non-hydrogen) atoms. The number of halogens is 2. The van der Waals surface area contributed by atoms with Crippen molar-refractivity contribution in [2.75, 3.05) is 19.7 Å². The van der Waals surface area contributed by atoms with Crippen LogP contribution in [0.3, 0.4) is 0 Å². The maximum Gasteiger partial charge on any atom is 0.257 e. The molecule has 0 unspecified atom stereocenters. The van der Waals surface area contributed by atoms with Gasteiger partial charge in [0.1, 0.15) is 5.75 Å². The average Bonchev–Trinajstić information content (AvgIpc) is 2.35. The van der Waals surface area contributed by atoms with Crippen LogP contribution in [0.5, 0.6) is 5.75 Å². The number of carbonyl (C=O) groups is 1. The van der Waals surface area contributed by atoms with E-state index in [2.05, 4.69) is 26.6 Å². The van der Waals surface area contributed by atoms with Crippen molar-refractivity contribution < 1.29 is 9.53 Å². The lowest BCUT2D eigenvalue weighted by atomic mass is 10.3. The van der Waals surface area contributed by atoms with Gasteiger partial charge in [0.2, 0.25) is 0 Å². The van der Waals surface area contributed by atoms with Gasteiger partial charge in [0.15, 0.2) is 6.61 Å². The SMILES string of the molecule is CCN[C@H](C)CNC(=O)COc1ccc(Br)cc1Cl. The number of likely N-dealkylation sites (N-methyl/N-ethyl adjacent to an activating group) is 1. The third kappa shape index (κ3) is 6.27. The van der Waals surface area contributed by atoms with Crippen LogP contribution in [0.1, 0.15) is 13.8 Å². The molecule has 1 atom stereocenters. The van der Waals surface area contributed by atoms with Gasteiger partial charge in [0, 0.05) is 17.1 Å². The second-order valence-corrected chi connectivity index (χ2v) is 5.45. The van der Waals surface area contributed by atoms with E-state index < -0.39 is 0 Å². The number of rotatable bonds is 7. The number of ether oxygens (including phenoxy) is 1. The molecule has 106 valence electrons. The van der Waals surface area contributed by atoms with E-state index in [0.29, 0.717) is 17.3 Å². The van der Waals surface area contributed by atoms with Crippen LogP contribution in [-0.2, 0) is 4.79 Å². The topological polar surface area (TPSA) is 50.4 Å². The standard InChI is InChI=1S/C13H18BrClN2O2/c1-3-16-9(2)7-17-13(18)8-19-12-5-4-10(14)6-11(12)15/h4-6,9,16H,3,7-8H2,1-2H3,(H,17,18)/t9-/m1/s1. The van der Waals surface area contributed by atoms with Crippen molar-refractivity contribution in [1.29, 1.82) is 0 Å². The van der Waals surface area contributed by atoms with Gasteiger partial charge in [-0.25, -0.2) is 0 Å². The highest BCUT2D eigenvalue weighted by Gasteiger charge is 2.07. The predicted molar refractivity (Wildman–Crippen MR) is 80.8 cm³/mol. The fourth-order valence-electron chi connectivity index (χ4n) is 1.47. The molecule has 1 aromatic rings. The minimum absolute atomic E-state index is 0.0415. The summed E-state index contributed by atoms with van der Waals surface area (Å²) in [6.07, 6.45) is 0. The first kappa shape index (κ1) is 16.3. The number of hydrogen-bond donors (Lipinski definition) is 2. The van der Waals surface area contributed by atoms with E-state index in [-0.39, 0.29) is 18.6 Å². The summed E-state index contributed by atoms with van der Waals surface area (Å²) in [7, 11) is 0. The minimum atomic E-state index is -0.163. The maximum absolute atomic E-state index is 11.6. The first-order chi connectivity index (χ1) is 9.02. The molecule has 0 radical (unpaired) electrons. The van der Waals surface area contributed by atoms with Crippen molar-refractivity contribution in [3.05, 3.63) is 27.7 Å². The summed E-state index contributed by atoms with van der Waals surface area (Å²) in [6.45, 7) is 5.44. The van der Waals surface area contributed by atoms with Crippen molar-refractivity contribution in [1.82, 2.24) is 10.6 Å². The molecule has 0 aliphatic heterocycles. The molecular formula is C13H18BrClN2O2. The fraction of sp³-hybridized carbons (Fsp3) is 0.462. The van der Waals surface area contributed by atoms with Crippen LogP contribution in [0.4, 0.5) is 0 Å². The second kappa shape index (κ2) is 8.40. The largest absolute Gasteiger partial charge is 0.482 e. The second-order valence-electron chi connectivity index (χ2n) is 4.13. The molecule has 0 aliphatic rings. The molecular weight excluding hydrogens is 332 g/mol. The molecule has 1 aromatic carbocycles.